The predicted molar refractivity (Wildman–Crippen MR) is 84.4 cm³/mol. The summed E-state index contributed by atoms with van der Waals surface area (Å²) in [7, 11) is 8.28. The Bertz CT molecular complexity index is 653. The summed E-state index contributed by atoms with van der Waals surface area (Å²) in [5, 5.41) is 13.7. The van der Waals surface area contributed by atoms with Gasteiger partial charge in [-0.25, -0.2) is 0 Å². The molecule has 1 aromatic heterocycles. The van der Waals surface area contributed by atoms with Crippen molar-refractivity contribution in [1.82, 2.24) is 9.88 Å². The van der Waals surface area contributed by atoms with Crippen molar-refractivity contribution < 1.29 is 14.4 Å². The minimum Gasteiger partial charge on any atom is -0.507 e. The first kappa shape index (κ1) is 15.4. The number of phenols is 1. The molecule has 21 heavy (non-hydrogen) atoms. The fourth-order valence-electron chi connectivity index (χ4n) is 2.34. The number of quaternary nitrogens is 1. The molecule has 2 N–H and O–H groups in total. The smallest absolute Gasteiger partial charge is 0.251 e. The molecule has 0 aliphatic carbocycles. The van der Waals surface area contributed by atoms with Crippen molar-refractivity contribution in [1.29, 1.82) is 0 Å². The van der Waals surface area contributed by atoms with E-state index in [0.29, 0.717) is 12.1 Å². The molecule has 0 aliphatic heterocycles. The molecule has 1 heterocycles. The zero-order valence-corrected chi connectivity index (χ0v) is 13.2. The van der Waals surface area contributed by atoms with Crippen molar-refractivity contribution in [2.45, 2.75) is 6.42 Å². The number of hydrogen-bond donors (Lipinski definition) is 2. The van der Waals surface area contributed by atoms with Gasteiger partial charge in [-0.05, 0) is 18.2 Å². The summed E-state index contributed by atoms with van der Waals surface area (Å²) in [4.78, 5) is 12.2. The van der Waals surface area contributed by atoms with Gasteiger partial charge in [0.25, 0.3) is 5.91 Å². The van der Waals surface area contributed by atoms with E-state index < -0.39 is 0 Å². The molecule has 0 radical (unpaired) electrons. The predicted octanol–water partition coefficient (Wildman–Crippen LogP) is 1.71. The van der Waals surface area contributed by atoms with Crippen LogP contribution in [0.5, 0.6) is 5.75 Å². The second kappa shape index (κ2) is 5.77. The Morgan fingerprint density at radius 1 is 1.33 bits per heavy atom. The summed E-state index contributed by atoms with van der Waals surface area (Å²) in [6.07, 6.45) is 2.79. The average Bonchev–Trinajstić information content (AvgIpc) is 2.76. The number of nitrogens with zero attached hydrogens (tertiary/aromatic N) is 2. The molecular weight excluding hydrogens is 266 g/mol. The zero-order valence-electron chi connectivity index (χ0n) is 13.2. The van der Waals surface area contributed by atoms with Gasteiger partial charge >= 0.3 is 0 Å². The summed E-state index contributed by atoms with van der Waals surface area (Å²) in [6.45, 7) is 1.64. The lowest BCUT2D eigenvalue weighted by Gasteiger charge is -2.23. The van der Waals surface area contributed by atoms with Crippen LogP contribution in [0.2, 0.25) is 0 Å². The minimum absolute atomic E-state index is 0.143. The SMILES string of the molecule is Cn1ccc2c(O)cc(C(=O)NCCC[N+](C)(C)C)cc21. The van der Waals surface area contributed by atoms with Crippen molar-refractivity contribution in [3.05, 3.63) is 30.0 Å². The molecule has 0 atom stereocenters. The Kier molecular flexibility index (Phi) is 4.23. The molecule has 5 nitrogen and oxygen atoms in total. The number of aromatic hydroxyl groups is 1. The van der Waals surface area contributed by atoms with Crippen LogP contribution in [0.25, 0.3) is 10.9 Å². The van der Waals surface area contributed by atoms with Gasteiger partial charge in [0.15, 0.2) is 0 Å². The number of fused-ring (bicyclic) bond motifs is 1. The molecule has 0 unspecified atom stereocenters. The van der Waals surface area contributed by atoms with Gasteiger partial charge in [-0.1, -0.05) is 0 Å². The van der Waals surface area contributed by atoms with Crippen molar-refractivity contribution in [3.63, 3.8) is 0 Å². The van der Waals surface area contributed by atoms with Crippen LogP contribution in [-0.2, 0) is 7.05 Å². The number of aromatic nitrogens is 1. The van der Waals surface area contributed by atoms with E-state index in [1.54, 1.807) is 0 Å². The van der Waals surface area contributed by atoms with Crippen LogP contribution in [-0.4, -0.2) is 54.3 Å². The molecule has 0 saturated heterocycles. The molecule has 2 aromatic rings. The number of nitrogens with one attached hydrogen (secondary N) is 1. The number of aryl methyl sites for hydroxylation is 1. The Balaban J connectivity index is 2.04. The molecule has 0 spiro atoms. The fourth-order valence-corrected chi connectivity index (χ4v) is 2.34. The Morgan fingerprint density at radius 2 is 2.05 bits per heavy atom. The van der Waals surface area contributed by atoms with Gasteiger partial charge in [-0.2, -0.15) is 0 Å². The molecule has 0 aliphatic rings. The number of carbonyl (C=O) groups is 1. The van der Waals surface area contributed by atoms with Crippen LogP contribution in [0.1, 0.15) is 16.8 Å². The van der Waals surface area contributed by atoms with Crippen molar-refractivity contribution >= 4 is 16.8 Å². The van der Waals surface area contributed by atoms with Gasteiger partial charge in [-0.3, -0.25) is 4.79 Å². The van der Waals surface area contributed by atoms with Crippen LogP contribution in [0.3, 0.4) is 0 Å². The number of amides is 1. The van der Waals surface area contributed by atoms with Gasteiger partial charge in [0, 0.05) is 37.2 Å². The number of carbonyl (C=O) groups excluding carboxylic acids is 1. The highest BCUT2D eigenvalue weighted by atomic mass is 16.3. The monoisotopic (exact) mass is 290 g/mol. The van der Waals surface area contributed by atoms with Gasteiger partial charge in [0.05, 0.1) is 33.2 Å². The van der Waals surface area contributed by atoms with E-state index in [2.05, 4.69) is 26.5 Å². The number of benzene rings is 1. The highest BCUT2D eigenvalue weighted by Gasteiger charge is 2.12. The van der Waals surface area contributed by atoms with Crippen molar-refractivity contribution in [3.8, 4) is 5.75 Å². The second-order valence-corrected chi connectivity index (χ2v) is 6.48. The third kappa shape index (κ3) is 3.76. The number of rotatable bonds is 5. The summed E-state index contributed by atoms with van der Waals surface area (Å²) in [5.74, 6) is -0.000539. The minimum atomic E-state index is -0.144. The lowest BCUT2D eigenvalue weighted by Crippen LogP contribution is -2.37. The molecule has 0 fully saturated rings. The highest BCUT2D eigenvalue weighted by Crippen LogP contribution is 2.26. The molecule has 0 saturated carbocycles. The van der Waals surface area contributed by atoms with Crippen LogP contribution in [0, 0.1) is 0 Å². The van der Waals surface area contributed by atoms with E-state index in [1.165, 1.54) is 6.07 Å². The quantitative estimate of drug-likeness (QED) is 0.650. The first-order chi connectivity index (χ1) is 9.78. The first-order valence-electron chi connectivity index (χ1n) is 7.14. The Morgan fingerprint density at radius 3 is 2.71 bits per heavy atom. The molecule has 114 valence electrons. The number of phenolic OH excluding ortho intramolecular Hbond substituents is 1. The van der Waals surface area contributed by atoms with Crippen LogP contribution < -0.4 is 5.32 Å². The van der Waals surface area contributed by atoms with E-state index in [0.717, 1.165) is 28.4 Å². The third-order valence-electron chi connectivity index (χ3n) is 3.53. The fraction of sp³-hybridized carbons (Fsp3) is 0.438. The van der Waals surface area contributed by atoms with E-state index in [9.17, 15) is 9.90 Å². The maximum atomic E-state index is 12.2. The highest BCUT2D eigenvalue weighted by molar-refractivity contribution is 6.00. The van der Waals surface area contributed by atoms with Gasteiger partial charge < -0.3 is 19.5 Å². The summed E-state index contributed by atoms with van der Waals surface area (Å²) < 4.78 is 2.77. The lowest BCUT2D eigenvalue weighted by atomic mass is 10.1. The average molecular weight is 290 g/mol. The van der Waals surface area contributed by atoms with Crippen LogP contribution in [0.4, 0.5) is 0 Å². The summed E-state index contributed by atoms with van der Waals surface area (Å²) >= 11 is 0. The van der Waals surface area contributed by atoms with Crippen LogP contribution >= 0.6 is 0 Å². The first-order valence-corrected chi connectivity index (χ1v) is 7.14. The van der Waals surface area contributed by atoms with Crippen molar-refractivity contribution in [2.75, 3.05) is 34.2 Å². The Hall–Kier alpha value is -2.01. The summed E-state index contributed by atoms with van der Waals surface area (Å²) in [5.41, 5.74) is 1.35. The van der Waals surface area contributed by atoms with Gasteiger partial charge in [0.2, 0.25) is 0 Å². The molecular formula is C16H24N3O2+. The molecule has 1 amide bonds. The van der Waals surface area contributed by atoms with E-state index in [-0.39, 0.29) is 11.7 Å². The molecule has 0 bridgehead atoms. The van der Waals surface area contributed by atoms with Gasteiger partial charge in [-0.15, -0.1) is 0 Å². The topological polar surface area (TPSA) is 54.3 Å². The van der Waals surface area contributed by atoms with Crippen molar-refractivity contribution in [2.24, 2.45) is 7.05 Å². The number of hydrogen-bond acceptors (Lipinski definition) is 2. The van der Waals surface area contributed by atoms with Gasteiger partial charge in [0.1, 0.15) is 5.75 Å². The molecule has 2 rings (SSSR count). The third-order valence-corrected chi connectivity index (χ3v) is 3.53. The lowest BCUT2D eigenvalue weighted by molar-refractivity contribution is -0.870. The largest absolute Gasteiger partial charge is 0.507 e. The standard InChI is InChI=1S/C16H23N3O2/c1-18-8-6-13-14(18)10-12(11-15(13)20)16(21)17-7-5-9-19(2,3)4/h6,8,10-11H,5,7,9H2,1-4H3,(H-,17,20,21)/p+1. The van der Waals surface area contributed by atoms with E-state index in [4.69, 9.17) is 0 Å². The zero-order chi connectivity index (χ0) is 15.6. The maximum absolute atomic E-state index is 12.2. The second-order valence-electron chi connectivity index (χ2n) is 6.48. The molecule has 5 heteroatoms. The summed E-state index contributed by atoms with van der Waals surface area (Å²) in [6, 6.07) is 5.18. The maximum Gasteiger partial charge on any atom is 0.251 e. The normalized spacial score (nSPS) is 11.8. The Labute approximate surface area is 125 Å². The van der Waals surface area contributed by atoms with E-state index >= 15 is 0 Å². The van der Waals surface area contributed by atoms with Crippen LogP contribution in [0.15, 0.2) is 24.4 Å². The van der Waals surface area contributed by atoms with E-state index in [1.807, 2.05) is 29.9 Å². The molecule has 1 aromatic carbocycles.